The molecule has 0 radical (unpaired) electrons. The third kappa shape index (κ3) is 5.27. The van der Waals surface area contributed by atoms with Gasteiger partial charge in [0.1, 0.15) is 11.0 Å². The Bertz CT molecular complexity index is 942. The molecule has 1 heterocycles. The van der Waals surface area contributed by atoms with Gasteiger partial charge in [0, 0.05) is 0 Å². The number of nitrogens with zero attached hydrogens (tertiary/aromatic N) is 2. The standard InChI is InChI=1S/C19H15N3O5S/c23-16(24)10-15-17(25)21-19(28-15)22-20-11-12-6-8-14(9-7-12)27-18(26)13-4-2-1-3-5-13/h1-9,11,15H,10H2,(H,23,24)(H,21,22,25)/b20-11-/t15-/m0/s1. The lowest BCUT2D eigenvalue weighted by Crippen LogP contribution is -2.26. The Kier molecular flexibility index (Phi) is 6.18. The van der Waals surface area contributed by atoms with E-state index in [1.54, 1.807) is 48.5 Å². The summed E-state index contributed by atoms with van der Waals surface area (Å²) in [6, 6.07) is 15.3. The number of hydrogen-bond donors (Lipinski definition) is 2. The molecular formula is C19H15N3O5S. The first-order valence-corrected chi connectivity index (χ1v) is 9.07. The summed E-state index contributed by atoms with van der Waals surface area (Å²) in [6.07, 6.45) is 1.19. The van der Waals surface area contributed by atoms with Gasteiger partial charge in [-0.2, -0.15) is 5.10 Å². The highest BCUT2D eigenvalue weighted by molar-refractivity contribution is 8.15. The van der Waals surface area contributed by atoms with Crippen molar-refractivity contribution in [2.75, 3.05) is 0 Å². The van der Waals surface area contributed by atoms with Crippen LogP contribution in [0.1, 0.15) is 22.3 Å². The number of carbonyl (C=O) groups is 3. The fourth-order valence-corrected chi connectivity index (χ4v) is 3.17. The molecule has 1 atom stereocenters. The van der Waals surface area contributed by atoms with Gasteiger partial charge in [-0.1, -0.05) is 30.0 Å². The van der Waals surface area contributed by atoms with Crippen LogP contribution in [0.5, 0.6) is 5.75 Å². The monoisotopic (exact) mass is 397 g/mol. The highest BCUT2D eigenvalue weighted by Gasteiger charge is 2.32. The quantitative estimate of drug-likeness (QED) is 0.334. The Morgan fingerprint density at radius 3 is 2.54 bits per heavy atom. The number of nitrogens with one attached hydrogen (secondary N) is 1. The van der Waals surface area contributed by atoms with Crippen molar-refractivity contribution in [2.24, 2.45) is 10.2 Å². The number of benzene rings is 2. The Balaban J connectivity index is 1.56. The second-order valence-corrected chi connectivity index (χ2v) is 6.86. The van der Waals surface area contributed by atoms with Crippen LogP contribution in [-0.2, 0) is 9.59 Å². The van der Waals surface area contributed by atoms with Crippen molar-refractivity contribution < 1.29 is 24.2 Å². The zero-order valence-electron chi connectivity index (χ0n) is 14.4. The van der Waals surface area contributed by atoms with Crippen LogP contribution in [0.4, 0.5) is 0 Å². The number of ether oxygens (including phenoxy) is 1. The molecule has 0 saturated carbocycles. The topological polar surface area (TPSA) is 117 Å². The van der Waals surface area contributed by atoms with E-state index < -0.39 is 23.1 Å². The molecule has 0 unspecified atom stereocenters. The normalized spacial score (nSPS) is 17.6. The number of carbonyl (C=O) groups excluding carboxylic acids is 2. The smallest absolute Gasteiger partial charge is 0.343 e. The van der Waals surface area contributed by atoms with Crippen LogP contribution in [0.3, 0.4) is 0 Å². The van der Waals surface area contributed by atoms with E-state index in [9.17, 15) is 14.4 Å². The van der Waals surface area contributed by atoms with Crippen LogP contribution in [0, 0.1) is 0 Å². The Morgan fingerprint density at radius 2 is 1.86 bits per heavy atom. The van der Waals surface area contributed by atoms with Crippen LogP contribution in [0.2, 0.25) is 0 Å². The van der Waals surface area contributed by atoms with Gasteiger partial charge < -0.3 is 15.2 Å². The van der Waals surface area contributed by atoms with Crippen molar-refractivity contribution in [1.29, 1.82) is 0 Å². The number of rotatable bonds is 6. The molecule has 0 bridgehead atoms. The lowest BCUT2D eigenvalue weighted by molar-refractivity contribution is -0.138. The molecule has 142 valence electrons. The third-order valence-electron chi connectivity index (χ3n) is 3.59. The maximum absolute atomic E-state index is 12.0. The van der Waals surface area contributed by atoms with E-state index >= 15 is 0 Å². The Labute approximate surface area is 164 Å². The average molecular weight is 397 g/mol. The summed E-state index contributed by atoms with van der Waals surface area (Å²) in [4.78, 5) is 34.3. The summed E-state index contributed by atoms with van der Waals surface area (Å²) in [5.41, 5.74) is 1.17. The minimum Gasteiger partial charge on any atom is -0.481 e. The van der Waals surface area contributed by atoms with Gasteiger partial charge in [0.2, 0.25) is 5.91 Å². The average Bonchev–Trinajstić information content (AvgIpc) is 3.02. The lowest BCUT2D eigenvalue weighted by atomic mass is 10.2. The van der Waals surface area contributed by atoms with Crippen molar-refractivity contribution in [3.63, 3.8) is 0 Å². The largest absolute Gasteiger partial charge is 0.481 e. The molecule has 8 nitrogen and oxygen atoms in total. The number of esters is 1. The van der Waals surface area contributed by atoms with Gasteiger partial charge in [0.05, 0.1) is 18.2 Å². The zero-order chi connectivity index (χ0) is 19.9. The van der Waals surface area contributed by atoms with Crippen LogP contribution < -0.4 is 10.1 Å². The maximum atomic E-state index is 12.0. The number of thioether (sulfide) groups is 1. The summed E-state index contributed by atoms with van der Waals surface area (Å²) in [5, 5.41) is 18.5. The molecule has 28 heavy (non-hydrogen) atoms. The first-order chi connectivity index (χ1) is 13.5. The maximum Gasteiger partial charge on any atom is 0.343 e. The molecule has 3 rings (SSSR count). The number of aliphatic carboxylic acids is 1. The summed E-state index contributed by atoms with van der Waals surface area (Å²) in [7, 11) is 0. The van der Waals surface area contributed by atoms with Gasteiger partial charge in [-0.05, 0) is 42.0 Å². The highest BCUT2D eigenvalue weighted by atomic mass is 32.2. The Morgan fingerprint density at radius 1 is 1.14 bits per heavy atom. The van der Waals surface area contributed by atoms with Crippen LogP contribution in [0.25, 0.3) is 0 Å². The number of amidine groups is 1. The van der Waals surface area contributed by atoms with E-state index in [2.05, 4.69) is 15.5 Å². The minimum absolute atomic E-state index is 0.251. The molecule has 2 N–H and O–H groups in total. The van der Waals surface area contributed by atoms with Gasteiger partial charge in [-0.3, -0.25) is 9.59 Å². The highest BCUT2D eigenvalue weighted by Crippen LogP contribution is 2.22. The molecule has 0 aliphatic carbocycles. The summed E-state index contributed by atoms with van der Waals surface area (Å²) in [6.45, 7) is 0. The van der Waals surface area contributed by atoms with Gasteiger partial charge >= 0.3 is 11.9 Å². The van der Waals surface area contributed by atoms with Crippen LogP contribution in [0.15, 0.2) is 64.8 Å². The lowest BCUT2D eigenvalue weighted by Gasteiger charge is -2.04. The molecule has 1 aliphatic heterocycles. The van der Waals surface area contributed by atoms with Gasteiger partial charge in [-0.15, -0.1) is 5.10 Å². The fourth-order valence-electron chi connectivity index (χ4n) is 2.26. The zero-order valence-corrected chi connectivity index (χ0v) is 15.3. The first kappa shape index (κ1) is 19.3. The van der Waals surface area contributed by atoms with E-state index in [0.29, 0.717) is 16.9 Å². The van der Waals surface area contributed by atoms with E-state index in [0.717, 1.165) is 11.8 Å². The van der Waals surface area contributed by atoms with Gasteiger partial charge in [0.25, 0.3) is 0 Å². The molecule has 0 aromatic heterocycles. The summed E-state index contributed by atoms with van der Waals surface area (Å²) >= 11 is 1.03. The van der Waals surface area contributed by atoms with Crippen molar-refractivity contribution >= 4 is 41.0 Å². The summed E-state index contributed by atoms with van der Waals surface area (Å²) < 4.78 is 5.29. The van der Waals surface area contributed by atoms with E-state index in [-0.39, 0.29) is 11.6 Å². The molecule has 1 saturated heterocycles. The number of carboxylic acids is 1. The van der Waals surface area contributed by atoms with Gasteiger partial charge in [-0.25, -0.2) is 4.79 Å². The number of hydrogen-bond acceptors (Lipinski definition) is 7. The molecular weight excluding hydrogens is 382 g/mol. The number of carboxylic acid groups (broad SMARTS) is 1. The molecule has 1 amide bonds. The van der Waals surface area contributed by atoms with Crippen LogP contribution >= 0.6 is 11.8 Å². The molecule has 1 aliphatic rings. The predicted octanol–water partition coefficient (Wildman–Crippen LogP) is 2.30. The summed E-state index contributed by atoms with van der Waals surface area (Å²) in [5.74, 6) is -1.50. The van der Waals surface area contributed by atoms with Crippen molar-refractivity contribution in [3.05, 3.63) is 65.7 Å². The fraction of sp³-hybridized carbons (Fsp3) is 0.105. The van der Waals surface area contributed by atoms with E-state index in [4.69, 9.17) is 9.84 Å². The third-order valence-corrected chi connectivity index (χ3v) is 4.66. The van der Waals surface area contributed by atoms with Crippen molar-refractivity contribution in [2.45, 2.75) is 11.7 Å². The predicted molar refractivity (Wildman–Crippen MR) is 105 cm³/mol. The second kappa shape index (κ2) is 8.96. The van der Waals surface area contributed by atoms with E-state index in [1.807, 2.05) is 6.07 Å². The first-order valence-electron chi connectivity index (χ1n) is 8.19. The molecule has 0 spiro atoms. The second-order valence-electron chi connectivity index (χ2n) is 5.67. The van der Waals surface area contributed by atoms with Crippen molar-refractivity contribution in [1.82, 2.24) is 5.32 Å². The van der Waals surface area contributed by atoms with Crippen molar-refractivity contribution in [3.8, 4) is 5.75 Å². The minimum atomic E-state index is -1.05. The number of amides is 1. The SMILES string of the molecule is O=C(O)C[C@@H]1S/C(=N/N=C\c2ccc(OC(=O)c3ccccc3)cc2)NC1=O. The molecule has 2 aromatic rings. The van der Waals surface area contributed by atoms with Crippen LogP contribution in [-0.4, -0.2) is 39.6 Å². The molecule has 1 fully saturated rings. The Hall–Kier alpha value is -3.46. The van der Waals surface area contributed by atoms with Gasteiger partial charge in [0.15, 0.2) is 5.17 Å². The molecule has 2 aromatic carbocycles. The molecule has 9 heteroatoms. The van der Waals surface area contributed by atoms with E-state index in [1.165, 1.54) is 6.21 Å².